The highest BCUT2D eigenvalue weighted by Crippen LogP contribution is 2.23. The molecule has 0 aliphatic carbocycles. The molecule has 0 aromatic heterocycles. The summed E-state index contributed by atoms with van der Waals surface area (Å²) in [6, 6.07) is 9.49. The van der Waals surface area contributed by atoms with Gasteiger partial charge in [-0.2, -0.15) is 8.78 Å². The van der Waals surface area contributed by atoms with Gasteiger partial charge in [0.1, 0.15) is 17.6 Å². The Bertz CT molecular complexity index is 739. The standard InChI is InChI=1S/C16H13F3N2O3/c17-10-6-7-11(12(8-10)24-16(18)19)15(23)21-13(14(20)22)9-4-2-1-3-5-9/h1-8,13,16H,(H2,20,22)(H,21,23). The van der Waals surface area contributed by atoms with E-state index in [0.717, 1.165) is 12.1 Å². The molecule has 0 aliphatic rings. The quantitative estimate of drug-likeness (QED) is 0.848. The number of nitrogens with one attached hydrogen (secondary N) is 1. The zero-order valence-corrected chi connectivity index (χ0v) is 12.2. The van der Waals surface area contributed by atoms with E-state index in [2.05, 4.69) is 10.1 Å². The van der Waals surface area contributed by atoms with Gasteiger partial charge in [0, 0.05) is 6.07 Å². The van der Waals surface area contributed by atoms with E-state index in [4.69, 9.17) is 5.73 Å². The average molecular weight is 338 g/mol. The van der Waals surface area contributed by atoms with Crippen LogP contribution in [0, 0.1) is 5.82 Å². The second-order valence-electron chi connectivity index (χ2n) is 4.74. The first-order valence-electron chi connectivity index (χ1n) is 6.78. The Morgan fingerprint density at radius 2 is 1.75 bits per heavy atom. The van der Waals surface area contributed by atoms with Gasteiger partial charge in [-0.3, -0.25) is 9.59 Å². The highest BCUT2D eigenvalue weighted by Gasteiger charge is 2.23. The Morgan fingerprint density at radius 1 is 1.08 bits per heavy atom. The fourth-order valence-electron chi connectivity index (χ4n) is 2.05. The van der Waals surface area contributed by atoms with Crippen LogP contribution in [0.15, 0.2) is 48.5 Å². The predicted molar refractivity (Wildman–Crippen MR) is 78.9 cm³/mol. The summed E-state index contributed by atoms with van der Waals surface area (Å²) >= 11 is 0. The third-order valence-electron chi connectivity index (χ3n) is 3.10. The van der Waals surface area contributed by atoms with Gasteiger partial charge >= 0.3 is 6.61 Å². The van der Waals surface area contributed by atoms with Gasteiger partial charge in [0.15, 0.2) is 0 Å². The molecule has 0 fully saturated rings. The van der Waals surface area contributed by atoms with Crippen molar-refractivity contribution in [3.05, 3.63) is 65.5 Å². The Hall–Kier alpha value is -3.03. The van der Waals surface area contributed by atoms with E-state index in [0.29, 0.717) is 11.6 Å². The van der Waals surface area contributed by atoms with Crippen molar-refractivity contribution in [1.82, 2.24) is 5.32 Å². The molecule has 0 aliphatic heterocycles. The molecule has 126 valence electrons. The molecule has 0 saturated heterocycles. The molecule has 0 bridgehead atoms. The van der Waals surface area contributed by atoms with Crippen LogP contribution in [-0.4, -0.2) is 18.4 Å². The van der Waals surface area contributed by atoms with Crippen LogP contribution in [0.4, 0.5) is 13.2 Å². The predicted octanol–water partition coefficient (Wildman–Crippen LogP) is 2.38. The zero-order chi connectivity index (χ0) is 17.7. The Balaban J connectivity index is 2.29. The minimum Gasteiger partial charge on any atom is -0.434 e. The number of hydrogen-bond acceptors (Lipinski definition) is 3. The van der Waals surface area contributed by atoms with E-state index in [1.807, 2.05) is 0 Å². The smallest absolute Gasteiger partial charge is 0.387 e. The first kappa shape index (κ1) is 17.3. The molecule has 0 spiro atoms. The third kappa shape index (κ3) is 4.25. The van der Waals surface area contributed by atoms with Crippen LogP contribution < -0.4 is 15.8 Å². The van der Waals surface area contributed by atoms with E-state index in [1.165, 1.54) is 0 Å². The molecular weight excluding hydrogens is 325 g/mol. The van der Waals surface area contributed by atoms with Gasteiger partial charge in [0.2, 0.25) is 5.91 Å². The molecule has 1 unspecified atom stereocenters. The number of nitrogens with two attached hydrogens (primary N) is 1. The van der Waals surface area contributed by atoms with Crippen molar-refractivity contribution in [2.24, 2.45) is 5.73 Å². The van der Waals surface area contributed by atoms with E-state index in [-0.39, 0.29) is 5.56 Å². The number of alkyl halides is 2. The van der Waals surface area contributed by atoms with Gasteiger partial charge < -0.3 is 15.8 Å². The number of rotatable bonds is 6. The Labute approximate surface area is 135 Å². The van der Waals surface area contributed by atoms with Gasteiger partial charge in [-0.05, 0) is 17.7 Å². The summed E-state index contributed by atoms with van der Waals surface area (Å²) in [4.78, 5) is 23.9. The topological polar surface area (TPSA) is 81.4 Å². The van der Waals surface area contributed by atoms with E-state index in [1.54, 1.807) is 30.3 Å². The van der Waals surface area contributed by atoms with Crippen LogP contribution in [0.1, 0.15) is 22.0 Å². The Morgan fingerprint density at radius 3 is 2.33 bits per heavy atom. The lowest BCUT2D eigenvalue weighted by Gasteiger charge is -2.17. The van der Waals surface area contributed by atoms with Crippen molar-refractivity contribution < 1.29 is 27.5 Å². The van der Waals surface area contributed by atoms with Crippen LogP contribution in [0.5, 0.6) is 5.75 Å². The van der Waals surface area contributed by atoms with Crippen LogP contribution in [0.3, 0.4) is 0 Å². The van der Waals surface area contributed by atoms with Crippen molar-refractivity contribution in [3.8, 4) is 5.75 Å². The normalized spacial score (nSPS) is 11.8. The minimum absolute atomic E-state index is 0.348. The van der Waals surface area contributed by atoms with E-state index in [9.17, 15) is 22.8 Å². The first-order chi connectivity index (χ1) is 11.4. The molecule has 24 heavy (non-hydrogen) atoms. The maximum absolute atomic E-state index is 13.2. The number of ether oxygens (including phenoxy) is 1. The average Bonchev–Trinajstić information content (AvgIpc) is 2.52. The summed E-state index contributed by atoms with van der Waals surface area (Å²) in [7, 11) is 0. The van der Waals surface area contributed by atoms with Gasteiger partial charge in [0.25, 0.3) is 5.91 Å². The molecular formula is C16H13F3N2O3. The van der Waals surface area contributed by atoms with Crippen LogP contribution in [0.25, 0.3) is 0 Å². The molecule has 2 aromatic carbocycles. The fraction of sp³-hybridized carbons (Fsp3) is 0.125. The maximum atomic E-state index is 13.2. The molecule has 0 radical (unpaired) electrons. The lowest BCUT2D eigenvalue weighted by Crippen LogP contribution is -2.37. The van der Waals surface area contributed by atoms with Gasteiger partial charge in [-0.25, -0.2) is 4.39 Å². The van der Waals surface area contributed by atoms with Crippen molar-refractivity contribution in [3.63, 3.8) is 0 Å². The molecule has 0 saturated carbocycles. The van der Waals surface area contributed by atoms with Crippen molar-refractivity contribution in [2.75, 3.05) is 0 Å². The number of benzene rings is 2. The molecule has 8 heteroatoms. The largest absolute Gasteiger partial charge is 0.434 e. The lowest BCUT2D eigenvalue weighted by atomic mass is 10.1. The SMILES string of the molecule is NC(=O)C(NC(=O)c1ccc(F)cc1OC(F)F)c1ccccc1. The van der Waals surface area contributed by atoms with Crippen LogP contribution in [-0.2, 0) is 4.79 Å². The molecule has 1 atom stereocenters. The van der Waals surface area contributed by atoms with Gasteiger partial charge in [-0.15, -0.1) is 0 Å². The molecule has 2 amide bonds. The molecule has 0 heterocycles. The lowest BCUT2D eigenvalue weighted by molar-refractivity contribution is -0.120. The number of primary amides is 1. The first-order valence-corrected chi connectivity index (χ1v) is 6.78. The Kier molecular flexibility index (Phi) is 5.41. The number of amides is 2. The van der Waals surface area contributed by atoms with Crippen molar-refractivity contribution >= 4 is 11.8 Å². The van der Waals surface area contributed by atoms with E-state index >= 15 is 0 Å². The summed E-state index contributed by atoms with van der Waals surface area (Å²) < 4.78 is 42.1. The summed E-state index contributed by atoms with van der Waals surface area (Å²) in [5.74, 6) is -3.23. The number of carbonyl (C=O) groups is 2. The van der Waals surface area contributed by atoms with Gasteiger partial charge in [-0.1, -0.05) is 30.3 Å². The van der Waals surface area contributed by atoms with Crippen LogP contribution in [0.2, 0.25) is 0 Å². The number of carbonyl (C=O) groups excluding carboxylic acids is 2. The van der Waals surface area contributed by atoms with E-state index < -0.39 is 36.0 Å². The van der Waals surface area contributed by atoms with Crippen molar-refractivity contribution in [2.45, 2.75) is 12.7 Å². The number of halogens is 3. The zero-order valence-electron chi connectivity index (χ0n) is 12.2. The fourth-order valence-corrected chi connectivity index (χ4v) is 2.05. The highest BCUT2D eigenvalue weighted by atomic mass is 19.3. The monoisotopic (exact) mass is 338 g/mol. The second-order valence-corrected chi connectivity index (χ2v) is 4.74. The third-order valence-corrected chi connectivity index (χ3v) is 3.10. The summed E-state index contributed by atoms with van der Waals surface area (Å²) in [5.41, 5.74) is 5.34. The molecule has 2 rings (SSSR count). The summed E-state index contributed by atoms with van der Waals surface area (Å²) in [6.07, 6.45) is 0. The maximum Gasteiger partial charge on any atom is 0.387 e. The minimum atomic E-state index is -3.24. The molecule has 5 nitrogen and oxygen atoms in total. The van der Waals surface area contributed by atoms with Crippen LogP contribution >= 0.6 is 0 Å². The second kappa shape index (κ2) is 7.49. The highest BCUT2D eigenvalue weighted by molar-refractivity contribution is 5.99. The summed E-state index contributed by atoms with van der Waals surface area (Å²) in [6.45, 7) is -3.24. The van der Waals surface area contributed by atoms with Crippen molar-refractivity contribution in [1.29, 1.82) is 0 Å². The number of hydrogen-bond donors (Lipinski definition) is 2. The molecule has 3 N–H and O–H groups in total. The molecule has 2 aromatic rings. The van der Waals surface area contributed by atoms with Gasteiger partial charge in [0.05, 0.1) is 5.56 Å². The summed E-state index contributed by atoms with van der Waals surface area (Å²) in [5, 5.41) is 2.32.